The number of alkyl halides is 1. The van der Waals surface area contributed by atoms with Crippen LogP contribution in [0.1, 0.15) is 48.8 Å². The molecule has 4 atom stereocenters. The van der Waals surface area contributed by atoms with E-state index in [1.807, 2.05) is 0 Å². The third-order valence-electron chi connectivity index (χ3n) is 6.47. The molecule has 6 nitrogen and oxygen atoms in total. The number of nitrogens with one attached hydrogen (secondary N) is 3. The summed E-state index contributed by atoms with van der Waals surface area (Å²) in [6.45, 7) is 3.82. The van der Waals surface area contributed by atoms with Crippen molar-refractivity contribution in [2.45, 2.75) is 63.7 Å². The van der Waals surface area contributed by atoms with E-state index < -0.39 is 24.2 Å². The number of hydrogen-bond acceptors (Lipinski definition) is 4. The monoisotopic (exact) mass is 428 g/mol. The molecule has 1 saturated carbocycles. The molecular weight excluding hydrogens is 402 g/mol. The largest absolute Gasteiger partial charge is 0.352 e. The van der Waals surface area contributed by atoms with Gasteiger partial charge in [-0.05, 0) is 56.7 Å². The fourth-order valence-corrected chi connectivity index (χ4v) is 4.66. The van der Waals surface area contributed by atoms with Crippen LogP contribution in [0.3, 0.4) is 0 Å². The Labute approximate surface area is 179 Å². The first-order valence-corrected chi connectivity index (χ1v) is 10.7. The Hall–Kier alpha value is -2.79. The number of fused-ring (bicyclic) bond motifs is 1. The maximum Gasteiger partial charge on any atom is 0.252 e. The highest BCUT2D eigenvalue weighted by Gasteiger charge is 2.34. The second-order valence-corrected chi connectivity index (χ2v) is 8.76. The van der Waals surface area contributed by atoms with E-state index in [0.717, 1.165) is 12.8 Å². The number of amides is 1. The van der Waals surface area contributed by atoms with E-state index in [1.165, 1.54) is 6.07 Å². The number of nitrogens with zero attached hydrogens (tertiary/aromatic N) is 1. The predicted octanol–water partition coefficient (Wildman–Crippen LogP) is 2.74. The number of rotatable bonds is 5. The van der Waals surface area contributed by atoms with Crippen LogP contribution in [-0.4, -0.2) is 35.7 Å². The molecule has 8 heteroatoms. The molecule has 1 amide bonds. The number of benzene rings is 1. The highest BCUT2D eigenvalue weighted by molar-refractivity contribution is 5.89. The van der Waals surface area contributed by atoms with Gasteiger partial charge in [0.1, 0.15) is 12.0 Å². The quantitative estimate of drug-likeness (QED) is 0.682. The van der Waals surface area contributed by atoms with Gasteiger partial charge in [0.25, 0.3) is 5.56 Å². The standard InChI is InChI=1S/C23H26F2N4O2/c1-11-15(8-19(30)28-12(2)22-17(25)7-13(9-26)10-27-22)23(31)29-18-6-5-16(24)21(20(11)18)14-3-4-14/h5-6,12-14,17,22,27H,3-4,7-8,10H2,1-2H3,(H,28,30)(H,29,31)/t12-,13?,17?,22?/m1/s1. The van der Waals surface area contributed by atoms with Gasteiger partial charge in [-0.25, -0.2) is 8.78 Å². The summed E-state index contributed by atoms with van der Waals surface area (Å²) in [7, 11) is 0. The Kier molecular flexibility index (Phi) is 5.80. The number of aryl methyl sites for hydroxylation is 1. The lowest BCUT2D eigenvalue weighted by atomic mass is 9.90. The molecule has 1 aromatic carbocycles. The van der Waals surface area contributed by atoms with Gasteiger partial charge in [0.2, 0.25) is 5.91 Å². The van der Waals surface area contributed by atoms with E-state index in [-0.39, 0.29) is 36.1 Å². The minimum absolute atomic E-state index is 0.132. The third kappa shape index (κ3) is 4.19. The summed E-state index contributed by atoms with van der Waals surface area (Å²) < 4.78 is 28.9. The van der Waals surface area contributed by atoms with Crippen molar-refractivity contribution in [3.05, 3.63) is 45.0 Å². The summed E-state index contributed by atoms with van der Waals surface area (Å²) in [5.74, 6) is -0.927. The van der Waals surface area contributed by atoms with Crippen LogP contribution in [0.25, 0.3) is 10.9 Å². The number of hydrogen-bond donors (Lipinski definition) is 3. The number of carbonyl (C=O) groups excluding carboxylic acids is 1. The number of aromatic amines is 1. The van der Waals surface area contributed by atoms with Crippen LogP contribution in [0, 0.1) is 30.0 Å². The van der Waals surface area contributed by atoms with Crippen molar-refractivity contribution >= 4 is 16.8 Å². The van der Waals surface area contributed by atoms with Gasteiger partial charge in [-0.1, -0.05) is 0 Å². The maximum atomic E-state index is 14.5. The zero-order valence-corrected chi connectivity index (χ0v) is 17.6. The molecule has 0 spiro atoms. The predicted molar refractivity (Wildman–Crippen MR) is 113 cm³/mol. The Morgan fingerprint density at radius 1 is 1.39 bits per heavy atom. The minimum Gasteiger partial charge on any atom is -0.352 e. The number of halogens is 2. The van der Waals surface area contributed by atoms with Crippen LogP contribution in [0.2, 0.25) is 0 Å². The van der Waals surface area contributed by atoms with Gasteiger partial charge in [-0.15, -0.1) is 0 Å². The molecule has 0 radical (unpaired) electrons. The molecule has 2 aliphatic rings. The molecule has 31 heavy (non-hydrogen) atoms. The van der Waals surface area contributed by atoms with E-state index in [1.54, 1.807) is 19.9 Å². The summed E-state index contributed by atoms with van der Waals surface area (Å²) in [6, 6.07) is 3.88. The average Bonchev–Trinajstić information content (AvgIpc) is 3.56. The number of nitriles is 1. The van der Waals surface area contributed by atoms with Gasteiger partial charge in [-0.3, -0.25) is 9.59 Å². The third-order valence-corrected chi connectivity index (χ3v) is 6.47. The summed E-state index contributed by atoms with van der Waals surface area (Å²) >= 11 is 0. The molecule has 164 valence electrons. The van der Waals surface area contributed by atoms with Crippen LogP contribution in [0.15, 0.2) is 16.9 Å². The molecule has 1 aliphatic heterocycles. The molecule has 2 aromatic rings. The number of aromatic nitrogens is 1. The van der Waals surface area contributed by atoms with Crippen molar-refractivity contribution in [1.29, 1.82) is 5.26 Å². The zero-order valence-electron chi connectivity index (χ0n) is 17.6. The van der Waals surface area contributed by atoms with E-state index >= 15 is 0 Å². The van der Waals surface area contributed by atoms with Gasteiger partial charge in [0.05, 0.1) is 24.4 Å². The Morgan fingerprint density at radius 3 is 2.77 bits per heavy atom. The van der Waals surface area contributed by atoms with Crippen LogP contribution >= 0.6 is 0 Å². The van der Waals surface area contributed by atoms with Gasteiger partial charge in [0, 0.05) is 34.6 Å². The van der Waals surface area contributed by atoms with Crippen molar-refractivity contribution in [2.24, 2.45) is 5.92 Å². The summed E-state index contributed by atoms with van der Waals surface area (Å²) in [6.07, 6.45) is 0.532. The summed E-state index contributed by atoms with van der Waals surface area (Å²) in [5.41, 5.74) is 1.71. The number of carbonyl (C=O) groups is 1. The molecule has 2 heterocycles. The molecule has 4 rings (SSSR count). The second kappa shape index (κ2) is 8.39. The summed E-state index contributed by atoms with van der Waals surface area (Å²) in [4.78, 5) is 28.1. The fourth-order valence-electron chi connectivity index (χ4n) is 4.66. The van der Waals surface area contributed by atoms with Gasteiger partial charge in [-0.2, -0.15) is 5.26 Å². The lowest BCUT2D eigenvalue weighted by Crippen LogP contribution is -2.57. The molecule has 3 unspecified atom stereocenters. The fraction of sp³-hybridized carbons (Fsp3) is 0.522. The molecule has 1 aromatic heterocycles. The topological polar surface area (TPSA) is 97.8 Å². The summed E-state index contributed by atoms with van der Waals surface area (Å²) in [5, 5.41) is 15.4. The maximum absolute atomic E-state index is 14.5. The number of H-pyrrole nitrogens is 1. The van der Waals surface area contributed by atoms with Crippen LogP contribution in [-0.2, 0) is 11.2 Å². The minimum atomic E-state index is -1.25. The van der Waals surface area contributed by atoms with E-state index in [9.17, 15) is 18.4 Å². The van der Waals surface area contributed by atoms with Crippen molar-refractivity contribution in [1.82, 2.24) is 15.6 Å². The second-order valence-electron chi connectivity index (χ2n) is 8.76. The highest BCUT2D eigenvalue weighted by Crippen LogP contribution is 2.45. The van der Waals surface area contributed by atoms with Gasteiger partial charge in [0.15, 0.2) is 0 Å². The van der Waals surface area contributed by atoms with Gasteiger partial charge >= 0.3 is 0 Å². The van der Waals surface area contributed by atoms with Crippen LogP contribution in [0.5, 0.6) is 0 Å². The normalized spacial score (nSPS) is 24.5. The lowest BCUT2D eigenvalue weighted by Gasteiger charge is -2.34. The van der Waals surface area contributed by atoms with Crippen LogP contribution < -0.4 is 16.2 Å². The lowest BCUT2D eigenvalue weighted by molar-refractivity contribution is -0.121. The first-order chi connectivity index (χ1) is 14.8. The first-order valence-electron chi connectivity index (χ1n) is 10.7. The average molecular weight is 428 g/mol. The Bertz CT molecular complexity index is 1120. The smallest absolute Gasteiger partial charge is 0.252 e. The number of pyridine rings is 1. The molecule has 1 saturated heterocycles. The zero-order chi connectivity index (χ0) is 22.3. The van der Waals surface area contributed by atoms with Crippen molar-refractivity contribution in [3.63, 3.8) is 0 Å². The van der Waals surface area contributed by atoms with Crippen LogP contribution in [0.4, 0.5) is 8.78 Å². The first kappa shape index (κ1) is 21.4. The number of piperidine rings is 1. The Morgan fingerprint density at radius 2 is 2.13 bits per heavy atom. The molecule has 2 fully saturated rings. The van der Waals surface area contributed by atoms with E-state index in [4.69, 9.17) is 5.26 Å². The van der Waals surface area contributed by atoms with E-state index in [0.29, 0.717) is 34.1 Å². The van der Waals surface area contributed by atoms with Crippen molar-refractivity contribution in [2.75, 3.05) is 6.54 Å². The molecule has 3 N–H and O–H groups in total. The molecular formula is C23H26F2N4O2. The van der Waals surface area contributed by atoms with Crippen molar-refractivity contribution in [3.8, 4) is 6.07 Å². The molecule has 0 bridgehead atoms. The van der Waals surface area contributed by atoms with E-state index in [2.05, 4.69) is 21.7 Å². The SMILES string of the molecule is Cc1c(CC(=O)N[C@H](C)C2NCC(C#N)CC2F)c(=O)[nH]c2ccc(F)c(C3CC3)c12. The molecule has 1 aliphatic carbocycles. The highest BCUT2D eigenvalue weighted by atomic mass is 19.1. The van der Waals surface area contributed by atoms with Crippen molar-refractivity contribution < 1.29 is 13.6 Å². The van der Waals surface area contributed by atoms with Gasteiger partial charge < -0.3 is 15.6 Å². The Balaban J connectivity index is 1.54.